The summed E-state index contributed by atoms with van der Waals surface area (Å²) in [5, 5.41) is 29.6. The lowest BCUT2D eigenvalue weighted by Gasteiger charge is -2.27. The van der Waals surface area contributed by atoms with Gasteiger partial charge in [0.05, 0.1) is 23.2 Å². The van der Waals surface area contributed by atoms with Gasteiger partial charge in [0.1, 0.15) is 5.69 Å². The van der Waals surface area contributed by atoms with Gasteiger partial charge in [-0.2, -0.15) is 9.97 Å². The minimum atomic E-state index is -1.09. The second-order valence-corrected chi connectivity index (χ2v) is 9.30. The van der Waals surface area contributed by atoms with E-state index in [1.807, 2.05) is 23.9 Å². The van der Waals surface area contributed by atoms with Crippen LogP contribution in [-0.4, -0.2) is 50.9 Å². The Kier molecular flexibility index (Phi) is 7.51. The Labute approximate surface area is 198 Å². The number of rotatable bonds is 9. The van der Waals surface area contributed by atoms with E-state index in [9.17, 15) is 15.0 Å². The van der Waals surface area contributed by atoms with Crippen LogP contribution in [0.5, 0.6) is 0 Å². The largest absolute Gasteiger partial charge is 0.478 e. The third-order valence-electron chi connectivity index (χ3n) is 5.36. The SMILES string of the molecule is CC(C)[C@H](CO)Nc1nc(Nc2ccc(C(=O)O)c(Cl)c2)c2c(n1)N(C(C)C)NN2C(C)C. The van der Waals surface area contributed by atoms with Gasteiger partial charge in [-0.3, -0.25) is 10.0 Å². The van der Waals surface area contributed by atoms with E-state index in [4.69, 9.17) is 21.6 Å². The predicted molar refractivity (Wildman–Crippen MR) is 131 cm³/mol. The summed E-state index contributed by atoms with van der Waals surface area (Å²) in [5.41, 5.74) is 4.75. The van der Waals surface area contributed by atoms with Gasteiger partial charge in [0.25, 0.3) is 0 Å². The molecular weight excluding hydrogens is 446 g/mol. The molecule has 10 nitrogen and oxygen atoms in total. The number of carboxylic acids is 1. The summed E-state index contributed by atoms with van der Waals surface area (Å²) in [4.78, 5) is 20.8. The maximum Gasteiger partial charge on any atom is 0.337 e. The molecule has 1 aliphatic rings. The smallest absolute Gasteiger partial charge is 0.337 e. The molecule has 2 heterocycles. The van der Waals surface area contributed by atoms with Crippen LogP contribution in [0.3, 0.4) is 0 Å². The lowest BCUT2D eigenvalue weighted by Crippen LogP contribution is -2.50. The molecule has 1 aliphatic heterocycles. The first-order valence-corrected chi connectivity index (χ1v) is 11.3. The van der Waals surface area contributed by atoms with Crippen molar-refractivity contribution in [2.45, 2.75) is 59.7 Å². The molecule has 0 saturated carbocycles. The minimum absolute atomic E-state index is 0.0247. The van der Waals surface area contributed by atoms with Gasteiger partial charge in [-0.25, -0.2) is 4.79 Å². The Hall–Kier alpha value is -2.82. The standard InChI is InChI=1S/C22H32ClN7O3/c1-11(2)17(10-31)25-22-26-19(24-14-7-8-15(21(32)33)16(23)9-14)18-20(27-22)30(13(5)6)28-29(18)12(3)4/h7-9,11-13,17,28,31H,10H2,1-6H3,(H,32,33)(H2,24,25,26,27)/t17-/m0/s1. The van der Waals surface area contributed by atoms with Crippen molar-refractivity contribution in [1.82, 2.24) is 15.5 Å². The number of fused-ring (bicyclic) bond motifs is 1. The number of carboxylic acid groups (broad SMARTS) is 1. The summed E-state index contributed by atoms with van der Waals surface area (Å²) in [5.74, 6) is 0.652. The van der Waals surface area contributed by atoms with Crippen LogP contribution in [-0.2, 0) is 0 Å². The minimum Gasteiger partial charge on any atom is -0.478 e. The number of anilines is 5. The number of hydrogen-bond donors (Lipinski definition) is 5. The monoisotopic (exact) mass is 477 g/mol. The molecule has 33 heavy (non-hydrogen) atoms. The Morgan fingerprint density at radius 3 is 2.30 bits per heavy atom. The topological polar surface area (TPSA) is 126 Å². The average Bonchev–Trinajstić information content (AvgIpc) is 3.12. The average molecular weight is 478 g/mol. The first kappa shape index (κ1) is 24.8. The zero-order valence-electron chi connectivity index (χ0n) is 19.7. The molecule has 0 radical (unpaired) electrons. The molecule has 0 saturated heterocycles. The number of hydrogen-bond acceptors (Lipinski definition) is 9. The molecule has 0 spiro atoms. The van der Waals surface area contributed by atoms with Gasteiger partial charge in [0, 0.05) is 17.8 Å². The van der Waals surface area contributed by atoms with Crippen molar-refractivity contribution in [3.8, 4) is 0 Å². The fourth-order valence-electron chi connectivity index (χ4n) is 3.42. The number of aliphatic hydroxyl groups is 1. The van der Waals surface area contributed by atoms with Crippen LogP contribution >= 0.6 is 11.6 Å². The molecule has 5 N–H and O–H groups in total. The highest BCUT2D eigenvalue weighted by Gasteiger charge is 2.35. The lowest BCUT2D eigenvalue weighted by molar-refractivity contribution is 0.0697. The predicted octanol–water partition coefficient (Wildman–Crippen LogP) is 3.86. The molecule has 0 unspecified atom stereocenters. The van der Waals surface area contributed by atoms with E-state index >= 15 is 0 Å². The first-order chi connectivity index (χ1) is 15.5. The summed E-state index contributed by atoms with van der Waals surface area (Å²) in [7, 11) is 0. The summed E-state index contributed by atoms with van der Waals surface area (Å²) < 4.78 is 0. The maximum absolute atomic E-state index is 11.3. The molecule has 3 rings (SSSR count). The van der Waals surface area contributed by atoms with Crippen LogP contribution < -0.4 is 26.2 Å². The van der Waals surface area contributed by atoms with E-state index in [-0.39, 0.29) is 41.2 Å². The molecular formula is C22H32ClN7O3. The Morgan fingerprint density at radius 2 is 1.79 bits per heavy atom. The van der Waals surface area contributed by atoms with Gasteiger partial charge in [-0.15, -0.1) is 5.53 Å². The van der Waals surface area contributed by atoms with Crippen molar-refractivity contribution in [2.24, 2.45) is 5.92 Å². The zero-order valence-corrected chi connectivity index (χ0v) is 20.5. The molecule has 2 aromatic rings. The van der Waals surface area contributed by atoms with Crippen LogP contribution in [0.15, 0.2) is 18.2 Å². The van der Waals surface area contributed by atoms with Crippen LogP contribution in [0, 0.1) is 5.92 Å². The van der Waals surface area contributed by atoms with Gasteiger partial charge in [-0.1, -0.05) is 25.4 Å². The van der Waals surface area contributed by atoms with Gasteiger partial charge in [0.2, 0.25) is 5.95 Å². The van der Waals surface area contributed by atoms with Crippen molar-refractivity contribution in [3.05, 3.63) is 28.8 Å². The van der Waals surface area contributed by atoms with Gasteiger partial charge < -0.3 is 20.8 Å². The molecule has 1 aromatic carbocycles. The van der Waals surface area contributed by atoms with Crippen molar-refractivity contribution < 1.29 is 15.0 Å². The second-order valence-electron chi connectivity index (χ2n) is 8.90. The molecule has 180 valence electrons. The normalized spacial score (nSPS) is 14.3. The summed E-state index contributed by atoms with van der Waals surface area (Å²) >= 11 is 6.18. The number of aliphatic hydroxyl groups excluding tert-OH is 1. The second kappa shape index (κ2) is 9.98. The third kappa shape index (κ3) is 5.23. The van der Waals surface area contributed by atoms with Crippen molar-refractivity contribution >= 4 is 46.5 Å². The van der Waals surface area contributed by atoms with Crippen LogP contribution in [0.2, 0.25) is 5.02 Å². The van der Waals surface area contributed by atoms with Gasteiger partial charge in [0.15, 0.2) is 11.6 Å². The fraction of sp³-hybridized carbons (Fsp3) is 0.500. The number of nitrogens with zero attached hydrogens (tertiary/aromatic N) is 4. The Balaban J connectivity index is 2.11. The summed E-state index contributed by atoms with van der Waals surface area (Å²) in [6.07, 6.45) is 0. The lowest BCUT2D eigenvalue weighted by atomic mass is 10.1. The van der Waals surface area contributed by atoms with E-state index in [0.717, 1.165) is 5.69 Å². The first-order valence-electron chi connectivity index (χ1n) is 11.0. The molecule has 1 aromatic heterocycles. The number of nitrogens with one attached hydrogen (secondary N) is 3. The van der Waals surface area contributed by atoms with Crippen molar-refractivity contribution in [2.75, 3.05) is 27.3 Å². The number of benzene rings is 1. The highest BCUT2D eigenvalue weighted by Crippen LogP contribution is 2.41. The maximum atomic E-state index is 11.3. The van der Waals surface area contributed by atoms with Crippen molar-refractivity contribution in [1.29, 1.82) is 0 Å². The third-order valence-corrected chi connectivity index (χ3v) is 5.67. The molecule has 11 heteroatoms. The molecule has 0 bridgehead atoms. The van der Waals surface area contributed by atoms with Crippen LogP contribution in [0.1, 0.15) is 51.9 Å². The van der Waals surface area contributed by atoms with E-state index in [2.05, 4.69) is 43.9 Å². The highest BCUT2D eigenvalue weighted by atomic mass is 35.5. The Bertz CT molecular complexity index is 1020. The number of carbonyl (C=O) groups is 1. The van der Waals surface area contributed by atoms with Crippen molar-refractivity contribution in [3.63, 3.8) is 0 Å². The van der Waals surface area contributed by atoms with E-state index < -0.39 is 5.97 Å². The molecule has 0 amide bonds. The van der Waals surface area contributed by atoms with Gasteiger partial charge in [-0.05, 0) is 51.8 Å². The number of aromatic carboxylic acids is 1. The molecule has 1 atom stereocenters. The number of hydrazine groups is 2. The quantitative estimate of drug-likeness (QED) is 0.363. The molecule has 0 fully saturated rings. The van der Waals surface area contributed by atoms with E-state index in [0.29, 0.717) is 23.3 Å². The molecule has 0 aliphatic carbocycles. The van der Waals surface area contributed by atoms with Crippen LogP contribution in [0.4, 0.5) is 29.0 Å². The van der Waals surface area contributed by atoms with E-state index in [1.165, 1.54) is 6.07 Å². The number of halogens is 1. The van der Waals surface area contributed by atoms with Crippen LogP contribution in [0.25, 0.3) is 0 Å². The van der Waals surface area contributed by atoms with Gasteiger partial charge >= 0.3 is 5.97 Å². The van der Waals surface area contributed by atoms with E-state index in [1.54, 1.807) is 12.1 Å². The summed E-state index contributed by atoms with van der Waals surface area (Å²) in [6.45, 7) is 12.2. The number of aromatic nitrogens is 2. The fourth-order valence-corrected chi connectivity index (χ4v) is 3.68. The zero-order chi connectivity index (χ0) is 24.4. The highest BCUT2D eigenvalue weighted by molar-refractivity contribution is 6.33. The Morgan fingerprint density at radius 1 is 1.12 bits per heavy atom. The summed E-state index contributed by atoms with van der Waals surface area (Å²) in [6, 6.07) is 4.62.